The lowest BCUT2D eigenvalue weighted by Gasteiger charge is -2.38. The number of benzene rings is 1. The van der Waals surface area contributed by atoms with Gasteiger partial charge >= 0.3 is 0 Å². The zero-order valence-corrected chi connectivity index (χ0v) is 13.6. The third-order valence-corrected chi connectivity index (χ3v) is 4.47. The van der Waals surface area contributed by atoms with Crippen LogP contribution in [-0.2, 0) is 0 Å². The van der Waals surface area contributed by atoms with Gasteiger partial charge in [-0.3, -0.25) is 9.69 Å². The quantitative estimate of drug-likeness (QED) is 0.817. The van der Waals surface area contributed by atoms with Gasteiger partial charge in [0.2, 0.25) is 0 Å². The van der Waals surface area contributed by atoms with E-state index >= 15 is 0 Å². The summed E-state index contributed by atoms with van der Waals surface area (Å²) in [6.45, 7) is 9.45. The van der Waals surface area contributed by atoms with Gasteiger partial charge in [-0.05, 0) is 52.7 Å². The minimum atomic E-state index is -0.0317. The van der Waals surface area contributed by atoms with Crippen molar-refractivity contribution in [2.24, 2.45) is 0 Å². The molecular formula is C18H28N2O. The van der Waals surface area contributed by atoms with Gasteiger partial charge in [0.15, 0.2) is 5.78 Å². The first kappa shape index (κ1) is 16.2. The molecule has 1 atom stereocenters. The molecule has 0 aliphatic carbocycles. The van der Waals surface area contributed by atoms with Crippen molar-refractivity contribution < 1.29 is 4.79 Å². The number of carbonyl (C=O) groups is 1. The number of hydrogen-bond donors (Lipinski definition) is 1. The molecule has 1 fully saturated rings. The van der Waals surface area contributed by atoms with Crippen LogP contribution in [0.25, 0.3) is 0 Å². The molecule has 1 aromatic rings. The minimum absolute atomic E-state index is 0.0317. The lowest BCUT2D eigenvalue weighted by molar-refractivity contribution is 0.0711. The molecule has 0 bridgehead atoms. The van der Waals surface area contributed by atoms with Crippen LogP contribution in [0.5, 0.6) is 0 Å². The summed E-state index contributed by atoms with van der Waals surface area (Å²) in [5.41, 5.74) is 2.03. The van der Waals surface area contributed by atoms with Crippen LogP contribution in [0.15, 0.2) is 24.3 Å². The summed E-state index contributed by atoms with van der Waals surface area (Å²) in [4.78, 5) is 15.2. The van der Waals surface area contributed by atoms with Crippen molar-refractivity contribution in [3.05, 3.63) is 35.4 Å². The van der Waals surface area contributed by atoms with Gasteiger partial charge in [0.05, 0.1) is 6.04 Å². The van der Waals surface area contributed by atoms with Gasteiger partial charge < -0.3 is 5.32 Å². The zero-order valence-electron chi connectivity index (χ0n) is 13.6. The highest BCUT2D eigenvalue weighted by atomic mass is 16.1. The second-order valence-corrected chi connectivity index (χ2v) is 6.13. The largest absolute Gasteiger partial charge is 0.317 e. The predicted octanol–water partition coefficient (Wildman–Crippen LogP) is 3.03. The fraction of sp³-hybridized carbons (Fsp3) is 0.611. The first-order chi connectivity index (χ1) is 10.1. The third kappa shape index (κ3) is 4.14. The van der Waals surface area contributed by atoms with Crippen LogP contribution in [-0.4, -0.2) is 42.4 Å². The first-order valence-corrected chi connectivity index (χ1v) is 8.20. The Morgan fingerprint density at radius 3 is 2.48 bits per heavy atom. The van der Waals surface area contributed by atoms with Crippen molar-refractivity contribution in [1.29, 1.82) is 0 Å². The monoisotopic (exact) mass is 288 g/mol. The van der Waals surface area contributed by atoms with E-state index in [1.54, 1.807) is 0 Å². The average molecular weight is 288 g/mol. The molecule has 0 amide bonds. The first-order valence-electron chi connectivity index (χ1n) is 8.20. The van der Waals surface area contributed by atoms with Crippen molar-refractivity contribution in [2.45, 2.75) is 52.1 Å². The Labute approximate surface area is 128 Å². The molecule has 0 aromatic heterocycles. The summed E-state index contributed by atoms with van der Waals surface area (Å²) in [7, 11) is 0. The zero-order chi connectivity index (χ0) is 15.2. The van der Waals surface area contributed by atoms with E-state index in [9.17, 15) is 4.79 Å². The fourth-order valence-electron chi connectivity index (χ4n) is 3.20. The van der Waals surface area contributed by atoms with E-state index in [1.807, 2.05) is 24.3 Å². The third-order valence-electron chi connectivity index (χ3n) is 4.47. The van der Waals surface area contributed by atoms with Gasteiger partial charge in [-0.25, -0.2) is 0 Å². The lowest BCUT2D eigenvalue weighted by atomic mass is 9.98. The normalized spacial score (nSPS) is 17.9. The van der Waals surface area contributed by atoms with Gasteiger partial charge in [-0.1, -0.05) is 36.8 Å². The average Bonchev–Trinajstić information content (AvgIpc) is 2.53. The molecule has 0 saturated carbocycles. The number of nitrogens with one attached hydrogen (secondary N) is 1. The number of piperidine rings is 1. The highest BCUT2D eigenvalue weighted by Crippen LogP contribution is 2.19. The molecule has 1 N–H and O–H groups in total. The van der Waals surface area contributed by atoms with Crippen molar-refractivity contribution >= 4 is 5.78 Å². The van der Waals surface area contributed by atoms with Gasteiger partial charge in [0, 0.05) is 11.6 Å². The molecule has 0 radical (unpaired) electrons. The van der Waals surface area contributed by atoms with Crippen molar-refractivity contribution in [3.8, 4) is 0 Å². The standard InChI is InChI=1S/C18H28N2O/c1-4-13-20(17-9-11-19-12-10-17)15(3)18(21)16-7-5-14(2)6-8-16/h5-8,15,17,19H,4,9-13H2,1-3H3. The highest BCUT2D eigenvalue weighted by Gasteiger charge is 2.28. The fourth-order valence-corrected chi connectivity index (χ4v) is 3.20. The summed E-state index contributed by atoms with van der Waals surface area (Å²) in [5.74, 6) is 0.252. The molecule has 1 unspecified atom stereocenters. The summed E-state index contributed by atoms with van der Waals surface area (Å²) in [5, 5.41) is 3.41. The van der Waals surface area contributed by atoms with E-state index < -0.39 is 0 Å². The topological polar surface area (TPSA) is 32.3 Å². The minimum Gasteiger partial charge on any atom is -0.317 e. The smallest absolute Gasteiger partial charge is 0.179 e. The second-order valence-electron chi connectivity index (χ2n) is 6.13. The van der Waals surface area contributed by atoms with Crippen molar-refractivity contribution in [2.75, 3.05) is 19.6 Å². The van der Waals surface area contributed by atoms with Crippen LogP contribution >= 0.6 is 0 Å². The Morgan fingerprint density at radius 1 is 1.29 bits per heavy atom. The molecule has 21 heavy (non-hydrogen) atoms. The molecule has 1 aliphatic heterocycles. The van der Waals surface area contributed by atoms with Crippen molar-refractivity contribution in [3.63, 3.8) is 0 Å². The maximum atomic E-state index is 12.8. The van der Waals surface area contributed by atoms with E-state index in [1.165, 1.54) is 5.56 Å². The Bertz CT molecular complexity index is 449. The Hall–Kier alpha value is -1.19. The van der Waals surface area contributed by atoms with Crippen molar-refractivity contribution in [1.82, 2.24) is 10.2 Å². The summed E-state index contributed by atoms with van der Waals surface area (Å²) in [6, 6.07) is 8.47. The molecule has 1 aromatic carbocycles. The van der Waals surface area contributed by atoms with E-state index in [0.29, 0.717) is 6.04 Å². The lowest BCUT2D eigenvalue weighted by Crippen LogP contribution is -2.50. The summed E-state index contributed by atoms with van der Waals surface area (Å²) >= 11 is 0. The summed E-state index contributed by atoms with van der Waals surface area (Å²) in [6.07, 6.45) is 3.38. The Morgan fingerprint density at radius 2 is 1.90 bits per heavy atom. The van der Waals surface area contributed by atoms with Crippen LogP contribution in [0.3, 0.4) is 0 Å². The molecule has 3 heteroatoms. The maximum Gasteiger partial charge on any atom is 0.179 e. The van der Waals surface area contributed by atoms with Gasteiger partial charge in [-0.2, -0.15) is 0 Å². The number of carbonyl (C=O) groups excluding carboxylic acids is 1. The predicted molar refractivity (Wildman–Crippen MR) is 87.9 cm³/mol. The van der Waals surface area contributed by atoms with Gasteiger partial charge in [0.25, 0.3) is 0 Å². The number of hydrogen-bond acceptors (Lipinski definition) is 3. The number of rotatable bonds is 6. The molecular weight excluding hydrogens is 260 g/mol. The Balaban J connectivity index is 2.10. The van der Waals surface area contributed by atoms with Crippen LogP contribution in [0.1, 0.15) is 49.0 Å². The molecule has 0 spiro atoms. The van der Waals surface area contributed by atoms with Gasteiger partial charge in [-0.15, -0.1) is 0 Å². The van der Waals surface area contributed by atoms with Crippen LogP contribution < -0.4 is 5.32 Å². The SMILES string of the molecule is CCCN(C1CCNCC1)C(C)C(=O)c1ccc(C)cc1. The molecule has 116 valence electrons. The van der Waals surface area contributed by atoms with Gasteiger partial charge in [0.1, 0.15) is 0 Å². The summed E-state index contributed by atoms with van der Waals surface area (Å²) < 4.78 is 0. The van der Waals surface area contributed by atoms with Crippen LogP contribution in [0.4, 0.5) is 0 Å². The molecule has 1 heterocycles. The molecule has 3 nitrogen and oxygen atoms in total. The number of Topliss-reactive ketones (excluding diaryl/α,β-unsaturated/α-hetero) is 1. The van der Waals surface area contributed by atoms with Crippen LogP contribution in [0.2, 0.25) is 0 Å². The van der Waals surface area contributed by atoms with E-state index in [4.69, 9.17) is 0 Å². The highest BCUT2D eigenvalue weighted by molar-refractivity contribution is 5.99. The molecule has 1 aliphatic rings. The van der Waals surface area contributed by atoms with Crippen LogP contribution in [0, 0.1) is 6.92 Å². The number of nitrogens with zero attached hydrogens (tertiary/aromatic N) is 1. The second kappa shape index (κ2) is 7.71. The van der Waals surface area contributed by atoms with E-state index in [0.717, 1.165) is 44.5 Å². The Kier molecular flexibility index (Phi) is 5.95. The maximum absolute atomic E-state index is 12.8. The number of aryl methyl sites for hydroxylation is 1. The van der Waals surface area contributed by atoms with E-state index in [-0.39, 0.29) is 11.8 Å². The van der Waals surface area contributed by atoms with E-state index in [2.05, 4.69) is 31.0 Å². The molecule has 1 saturated heterocycles. The molecule has 2 rings (SSSR count). The number of ketones is 1.